The quantitative estimate of drug-likeness (QED) is 0.756. The third-order valence-corrected chi connectivity index (χ3v) is 3.89. The van der Waals surface area contributed by atoms with Crippen molar-refractivity contribution in [3.05, 3.63) is 63.2 Å². The highest BCUT2D eigenvalue weighted by Crippen LogP contribution is 2.23. The summed E-state index contributed by atoms with van der Waals surface area (Å²) in [6.45, 7) is 7.95. The zero-order valence-electron chi connectivity index (χ0n) is 12.8. The lowest BCUT2D eigenvalue weighted by atomic mass is 9.98. The fraction of sp³-hybridized carbons (Fsp3) is 0.278. The van der Waals surface area contributed by atoms with Gasteiger partial charge in [0.05, 0.1) is 0 Å². The van der Waals surface area contributed by atoms with Crippen LogP contribution in [0, 0.1) is 27.7 Å². The molecule has 0 aliphatic heterocycles. The molecule has 110 valence electrons. The van der Waals surface area contributed by atoms with Crippen LogP contribution >= 0.6 is 11.6 Å². The number of carbonyl (C=O) groups excluding carboxylic acids is 1. The Hall–Kier alpha value is -1.80. The number of benzene rings is 2. The Morgan fingerprint density at radius 1 is 0.952 bits per heavy atom. The molecule has 2 nitrogen and oxygen atoms in total. The Bertz CT molecular complexity index is 690. The van der Waals surface area contributed by atoms with Crippen LogP contribution in [0.5, 0.6) is 5.75 Å². The standard InChI is InChI=1S/C18H19ClO2/c1-11-5-6-15(19)9-18(11)21-10-17(20)16-8-13(3)12(2)7-14(16)4/h5-9H,10H2,1-4H3. The Morgan fingerprint density at radius 3 is 2.33 bits per heavy atom. The largest absolute Gasteiger partial charge is 0.485 e. The summed E-state index contributed by atoms with van der Waals surface area (Å²) in [6.07, 6.45) is 0. The summed E-state index contributed by atoms with van der Waals surface area (Å²) in [7, 11) is 0. The van der Waals surface area contributed by atoms with Crippen molar-refractivity contribution < 1.29 is 9.53 Å². The summed E-state index contributed by atoms with van der Waals surface area (Å²) in [6, 6.07) is 9.38. The van der Waals surface area contributed by atoms with Crippen molar-refractivity contribution in [2.75, 3.05) is 6.61 Å². The average molecular weight is 303 g/mol. The molecule has 0 unspecified atom stereocenters. The van der Waals surface area contributed by atoms with Crippen LogP contribution in [-0.4, -0.2) is 12.4 Å². The molecule has 0 fully saturated rings. The van der Waals surface area contributed by atoms with E-state index >= 15 is 0 Å². The smallest absolute Gasteiger partial charge is 0.200 e. The van der Waals surface area contributed by atoms with E-state index in [0.717, 1.165) is 22.3 Å². The Labute approximate surface area is 130 Å². The molecular formula is C18H19ClO2. The molecule has 3 heteroatoms. The minimum atomic E-state index is -0.0185. The molecule has 2 rings (SSSR count). The first-order valence-corrected chi connectivity index (χ1v) is 7.26. The van der Waals surface area contributed by atoms with Crippen molar-refractivity contribution in [3.63, 3.8) is 0 Å². The van der Waals surface area contributed by atoms with E-state index in [9.17, 15) is 4.79 Å². The van der Waals surface area contributed by atoms with E-state index in [-0.39, 0.29) is 12.4 Å². The SMILES string of the molecule is Cc1cc(C)c(C(=O)COc2cc(Cl)ccc2C)cc1C. The summed E-state index contributed by atoms with van der Waals surface area (Å²) in [5.74, 6) is 0.632. The minimum Gasteiger partial charge on any atom is -0.485 e. The second-order valence-corrected chi connectivity index (χ2v) is 5.81. The number of Topliss-reactive ketones (excluding diaryl/α,β-unsaturated/α-hetero) is 1. The summed E-state index contributed by atoms with van der Waals surface area (Å²) in [4.78, 5) is 12.3. The van der Waals surface area contributed by atoms with E-state index in [2.05, 4.69) is 0 Å². The zero-order chi connectivity index (χ0) is 15.6. The maximum Gasteiger partial charge on any atom is 0.200 e. The lowest BCUT2D eigenvalue weighted by Crippen LogP contribution is -2.14. The van der Waals surface area contributed by atoms with Crippen molar-refractivity contribution in [2.24, 2.45) is 0 Å². The molecule has 0 saturated carbocycles. The van der Waals surface area contributed by atoms with E-state index in [1.807, 2.05) is 45.9 Å². The molecule has 0 saturated heterocycles. The predicted molar refractivity (Wildman–Crippen MR) is 86.7 cm³/mol. The number of rotatable bonds is 4. The van der Waals surface area contributed by atoms with E-state index < -0.39 is 0 Å². The third kappa shape index (κ3) is 3.64. The van der Waals surface area contributed by atoms with Gasteiger partial charge in [-0.2, -0.15) is 0 Å². The highest BCUT2D eigenvalue weighted by molar-refractivity contribution is 6.30. The van der Waals surface area contributed by atoms with Crippen molar-refractivity contribution in [2.45, 2.75) is 27.7 Å². The predicted octanol–water partition coefficient (Wildman–Crippen LogP) is 4.84. The van der Waals surface area contributed by atoms with Gasteiger partial charge in [0.2, 0.25) is 0 Å². The minimum absolute atomic E-state index is 0.0184. The highest BCUT2D eigenvalue weighted by atomic mass is 35.5. The van der Waals surface area contributed by atoms with Gasteiger partial charge in [-0.1, -0.05) is 23.7 Å². The molecule has 0 atom stereocenters. The van der Waals surface area contributed by atoms with E-state index in [1.165, 1.54) is 5.56 Å². The summed E-state index contributed by atoms with van der Waals surface area (Å²) >= 11 is 5.95. The molecule has 0 heterocycles. The molecule has 2 aromatic rings. The van der Waals surface area contributed by atoms with Crippen molar-refractivity contribution in [1.82, 2.24) is 0 Å². The van der Waals surface area contributed by atoms with Crippen LogP contribution in [-0.2, 0) is 0 Å². The Morgan fingerprint density at radius 2 is 1.62 bits per heavy atom. The van der Waals surface area contributed by atoms with E-state index in [4.69, 9.17) is 16.3 Å². The van der Waals surface area contributed by atoms with Gasteiger partial charge < -0.3 is 4.74 Å². The van der Waals surface area contributed by atoms with Crippen LogP contribution in [0.15, 0.2) is 30.3 Å². The zero-order valence-corrected chi connectivity index (χ0v) is 13.5. The molecule has 2 aromatic carbocycles. The lowest BCUT2D eigenvalue weighted by Gasteiger charge is -2.11. The van der Waals surface area contributed by atoms with Crippen LogP contribution < -0.4 is 4.74 Å². The molecule has 0 aliphatic carbocycles. The van der Waals surface area contributed by atoms with Crippen LogP contribution in [0.4, 0.5) is 0 Å². The maximum absolute atomic E-state index is 12.3. The van der Waals surface area contributed by atoms with Crippen LogP contribution in [0.2, 0.25) is 5.02 Å². The molecular weight excluding hydrogens is 284 g/mol. The van der Waals surface area contributed by atoms with Gasteiger partial charge >= 0.3 is 0 Å². The fourth-order valence-corrected chi connectivity index (χ4v) is 2.37. The topological polar surface area (TPSA) is 26.3 Å². The van der Waals surface area contributed by atoms with Gasteiger partial charge in [0.1, 0.15) is 5.75 Å². The third-order valence-electron chi connectivity index (χ3n) is 3.65. The first-order chi connectivity index (χ1) is 9.88. The first-order valence-electron chi connectivity index (χ1n) is 6.88. The van der Waals surface area contributed by atoms with Crippen molar-refractivity contribution in [3.8, 4) is 5.75 Å². The lowest BCUT2D eigenvalue weighted by molar-refractivity contribution is 0.0920. The molecule has 0 radical (unpaired) electrons. The maximum atomic E-state index is 12.3. The Balaban J connectivity index is 2.15. The van der Waals surface area contributed by atoms with Gasteiger partial charge in [0.25, 0.3) is 0 Å². The van der Waals surface area contributed by atoms with Gasteiger partial charge in [0, 0.05) is 10.6 Å². The summed E-state index contributed by atoms with van der Waals surface area (Å²) in [5.41, 5.74) is 4.97. The van der Waals surface area contributed by atoms with Crippen molar-refractivity contribution in [1.29, 1.82) is 0 Å². The first kappa shape index (κ1) is 15.6. The van der Waals surface area contributed by atoms with Crippen LogP contribution in [0.25, 0.3) is 0 Å². The summed E-state index contributed by atoms with van der Waals surface area (Å²) < 4.78 is 5.62. The fourth-order valence-electron chi connectivity index (χ4n) is 2.21. The van der Waals surface area contributed by atoms with E-state index in [1.54, 1.807) is 12.1 Å². The number of hydrogen-bond donors (Lipinski definition) is 0. The number of halogens is 1. The molecule has 0 spiro atoms. The molecule has 0 aliphatic rings. The second kappa shape index (κ2) is 6.31. The number of carbonyl (C=O) groups is 1. The van der Waals surface area contributed by atoms with Gasteiger partial charge in [-0.05, 0) is 68.1 Å². The van der Waals surface area contributed by atoms with Gasteiger partial charge in [0.15, 0.2) is 12.4 Å². The van der Waals surface area contributed by atoms with E-state index in [0.29, 0.717) is 10.8 Å². The van der Waals surface area contributed by atoms with Gasteiger partial charge in [-0.3, -0.25) is 4.79 Å². The summed E-state index contributed by atoms with van der Waals surface area (Å²) in [5, 5.41) is 0.602. The number of ether oxygens (including phenoxy) is 1. The van der Waals surface area contributed by atoms with Crippen LogP contribution in [0.3, 0.4) is 0 Å². The Kier molecular flexibility index (Phi) is 4.69. The monoisotopic (exact) mass is 302 g/mol. The molecule has 0 aromatic heterocycles. The molecule has 0 bridgehead atoms. The van der Waals surface area contributed by atoms with Gasteiger partial charge in [-0.25, -0.2) is 0 Å². The normalized spacial score (nSPS) is 10.5. The highest BCUT2D eigenvalue weighted by Gasteiger charge is 2.12. The molecule has 0 amide bonds. The van der Waals surface area contributed by atoms with Crippen LogP contribution in [0.1, 0.15) is 32.6 Å². The molecule has 0 N–H and O–H groups in total. The number of aryl methyl sites for hydroxylation is 4. The molecule has 21 heavy (non-hydrogen) atoms. The number of hydrogen-bond acceptors (Lipinski definition) is 2. The second-order valence-electron chi connectivity index (χ2n) is 5.37. The number of ketones is 1. The van der Waals surface area contributed by atoms with Gasteiger partial charge in [-0.15, -0.1) is 0 Å². The average Bonchev–Trinajstić information content (AvgIpc) is 2.43. The van der Waals surface area contributed by atoms with Crippen molar-refractivity contribution >= 4 is 17.4 Å².